The number of aromatic nitrogens is 3. The second-order valence-electron chi connectivity index (χ2n) is 8.54. The summed E-state index contributed by atoms with van der Waals surface area (Å²) in [4.78, 5) is 17.5. The van der Waals surface area contributed by atoms with E-state index in [-0.39, 0.29) is 11.2 Å². The maximum absolute atomic E-state index is 13.1. The fraction of sp³-hybridized carbons (Fsp3) is 0.609. The van der Waals surface area contributed by atoms with Gasteiger partial charge in [-0.1, -0.05) is 61.4 Å². The van der Waals surface area contributed by atoms with Gasteiger partial charge < -0.3 is 9.47 Å². The maximum Gasteiger partial charge on any atom is 0.235 e. The van der Waals surface area contributed by atoms with E-state index in [1.165, 1.54) is 37.7 Å². The number of rotatable bonds is 6. The molecule has 0 radical (unpaired) electrons. The lowest BCUT2D eigenvalue weighted by Gasteiger charge is -2.36. The van der Waals surface area contributed by atoms with E-state index in [1.807, 2.05) is 18.7 Å². The van der Waals surface area contributed by atoms with E-state index in [0.717, 1.165) is 43.7 Å². The van der Waals surface area contributed by atoms with E-state index < -0.39 is 0 Å². The number of piperazine rings is 1. The van der Waals surface area contributed by atoms with Crippen LogP contribution in [-0.2, 0) is 11.3 Å². The molecule has 6 nitrogen and oxygen atoms in total. The summed E-state index contributed by atoms with van der Waals surface area (Å²) in [6.07, 6.45) is 6.25. The molecule has 0 N–H and O–H groups in total. The summed E-state index contributed by atoms with van der Waals surface area (Å²) in [5, 5.41) is 9.50. The highest BCUT2D eigenvalue weighted by molar-refractivity contribution is 8.00. The molecule has 2 aliphatic rings. The molecule has 1 aromatic heterocycles. The number of carbonyl (C=O) groups excluding carboxylic acids is 1. The number of benzene rings is 1. The number of aryl methyl sites for hydroxylation is 1. The number of nitrogens with zero attached hydrogens (tertiary/aromatic N) is 5. The number of hydrogen-bond acceptors (Lipinski definition) is 5. The van der Waals surface area contributed by atoms with Crippen molar-refractivity contribution < 1.29 is 4.79 Å². The SMILES string of the molecule is Cc1nnc(SC(C)C(=O)N2CCN(Cc3ccccc3)CC2)n1C1CCCCC1. The highest BCUT2D eigenvalue weighted by atomic mass is 32.2. The highest BCUT2D eigenvalue weighted by Crippen LogP contribution is 2.34. The van der Waals surface area contributed by atoms with Crippen LogP contribution in [0.2, 0.25) is 0 Å². The minimum absolute atomic E-state index is 0.142. The molecule has 30 heavy (non-hydrogen) atoms. The Morgan fingerprint density at radius 2 is 1.77 bits per heavy atom. The van der Waals surface area contributed by atoms with Crippen LogP contribution < -0.4 is 0 Å². The van der Waals surface area contributed by atoms with Gasteiger partial charge in [-0.25, -0.2) is 0 Å². The Morgan fingerprint density at radius 1 is 1.07 bits per heavy atom. The first-order chi connectivity index (χ1) is 14.6. The van der Waals surface area contributed by atoms with E-state index in [0.29, 0.717) is 6.04 Å². The van der Waals surface area contributed by atoms with Gasteiger partial charge in [0.25, 0.3) is 0 Å². The normalized spacial score (nSPS) is 19.7. The zero-order valence-corrected chi connectivity index (χ0v) is 19.0. The van der Waals surface area contributed by atoms with E-state index in [4.69, 9.17) is 0 Å². The van der Waals surface area contributed by atoms with Crippen molar-refractivity contribution >= 4 is 17.7 Å². The third-order valence-electron chi connectivity index (χ3n) is 6.34. The minimum atomic E-state index is -0.142. The molecule has 1 saturated heterocycles. The van der Waals surface area contributed by atoms with Crippen molar-refractivity contribution in [3.05, 3.63) is 41.7 Å². The molecule has 1 saturated carbocycles. The van der Waals surface area contributed by atoms with Crippen molar-refractivity contribution in [2.45, 2.75) is 68.9 Å². The molecule has 162 valence electrons. The van der Waals surface area contributed by atoms with Gasteiger partial charge in [-0.3, -0.25) is 9.69 Å². The van der Waals surface area contributed by atoms with Crippen LogP contribution in [0.3, 0.4) is 0 Å². The monoisotopic (exact) mass is 427 g/mol. The van der Waals surface area contributed by atoms with Crippen molar-refractivity contribution in [2.24, 2.45) is 0 Å². The first-order valence-corrected chi connectivity index (χ1v) is 12.1. The van der Waals surface area contributed by atoms with Crippen molar-refractivity contribution in [2.75, 3.05) is 26.2 Å². The average molecular weight is 428 g/mol. The Hall–Kier alpha value is -1.86. The molecule has 2 aromatic rings. The van der Waals surface area contributed by atoms with E-state index in [9.17, 15) is 4.79 Å². The second-order valence-corrected chi connectivity index (χ2v) is 9.85. The summed E-state index contributed by atoms with van der Waals surface area (Å²) in [7, 11) is 0. The molecule has 1 aromatic carbocycles. The number of thioether (sulfide) groups is 1. The Labute approximate surface area is 184 Å². The van der Waals surface area contributed by atoms with Gasteiger partial charge in [-0.05, 0) is 32.3 Å². The molecule has 0 spiro atoms. The van der Waals surface area contributed by atoms with Crippen molar-refractivity contribution in [1.29, 1.82) is 0 Å². The molecule has 4 rings (SSSR count). The van der Waals surface area contributed by atoms with Gasteiger partial charge in [0.1, 0.15) is 5.82 Å². The lowest BCUT2D eigenvalue weighted by atomic mass is 9.95. The smallest absolute Gasteiger partial charge is 0.235 e. The fourth-order valence-electron chi connectivity index (χ4n) is 4.62. The molecular weight excluding hydrogens is 394 g/mol. The van der Waals surface area contributed by atoms with Gasteiger partial charge in [0.15, 0.2) is 5.16 Å². The molecule has 2 fully saturated rings. The molecule has 1 unspecified atom stereocenters. The quantitative estimate of drug-likeness (QED) is 0.654. The number of amides is 1. The Morgan fingerprint density at radius 3 is 2.47 bits per heavy atom. The largest absolute Gasteiger partial charge is 0.339 e. The Bertz CT molecular complexity index is 825. The van der Waals surface area contributed by atoms with Crippen LogP contribution in [0.25, 0.3) is 0 Å². The third kappa shape index (κ3) is 5.06. The van der Waals surface area contributed by atoms with Crippen LogP contribution >= 0.6 is 11.8 Å². The molecule has 1 aliphatic heterocycles. The standard InChI is InChI=1S/C23H33N5OS/c1-18(30-23-25-24-19(2)28(23)21-11-7-4-8-12-21)22(29)27-15-13-26(14-16-27)17-20-9-5-3-6-10-20/h3,5-6,9-10,18,21H,4,7-8,11-17H2,1-2H3. The summed E-state index contributed by atoms with van der Waals surface area (Å²) >= 11 is 1.57. The molecule has 7 heteroatoms. The second kappa shape index (κ2) is 9.96. The first kappa shape index (κ1) is 21.4. The Balaban J connectivity index is 1.31. The lowest BCUT2D eigenvalue weighted by molar-refractivity contribution is -0.132. The van der Waals surface area contributed by atoms with Gasteiger partial charge in [0, 0.05) is 38.8 Å². The fourth-order valence-corrected chi connectivity index (χ4v) is 5.67. The first-order valence-electron chi connectivity index (χ1n) is 11.2. The van der Waals surface area contributed by atoms with Crippen LogP contribution in [0.4, 0.5) is 0 Å². The average Bonchev–Trinajstić information content (AvgIpc) is 3.15. The summed E-state index contributed by atoms with van der Waals surface area (Å²) in [5.74, 6) is 1.19. The molecule has 1 atom stereocenters. The maximum atomic E-state index is 13.1. The topological polar surface area (TPSA) is 54.3 Å². The van der Waals surface area contributed by atoms with Crippen LogP contribution in [0.5, 0.6) is 0 Å². The summed E-state index contributed by atoms with van der Waals surface area (Å²) in [5.41, 5.74) is 1.33. The predicted molar refractivity (Wildman–Crippen MR) is 120 cm³/mol. The van der Waals surface area contributed by atoms with Gasteiger partial charge >= 0.3 is 0 Å². The summed E-state index contributed by atoms with van der Waals surface area (Å²) in [6, 6.07) is 11.0. The minimum Gasteiger partial charge on any atom is -0.339 e. The van der Waals surface area contributed by atoms with Gasteiger partial charge in [-0.15, -0.1) is 10.2 Å². The van der Waals surface area contributed by atoms with Crippen LogP contribution in [0.1, 0.15) is 56.5 Å². The zero-order valence-electron chi connectivity index (χ0n) is 18.2. The van der Waals surface area contributed by atoms with Crippen LogP contribution in [0, 0.1) is 6.92 Å². The van der Waals surface area contributed by atoms with Crippen molar-refractivity contribution in [3.63, 3.8) is 0 Å². The molecular formula is C23H33N5OS. The zero-order chi connectivity index (χ0) is 20.9. The molecule has 1 amide bonds. The number of hydrogen-bond donors (Lipinski definition) is 0. The third-order valence-corrected chi connectivity index (χ3v) is 7.38. The van der Waals surface area contributed by atoms with E-state index in [1.54, 1.807) is 11.8 Å². The predicted octanol–water partition coefficient (Wildman–Crippen LogP) is 3.92. The Kier molecular flexibility index (Phi) is 7.10. The summed E-state index contributed by atoms with van der Waals surface area (Å²) in [6.45, 7) is 8.44. The van der Waals surface area contributed by atoms with E-state index >= 15 is 0 Å². The van der Waals surface area contributed by atoms with Gasteiger partial charge in [-0.2, -0.15) is 0 Å². The van der Waals surface area contributed by atoms with Crippen molar-refractivity contribution in [3.8, 4) is 0 Å². The molecule has 2 heterocycles. The number of carbonyl (C=O) groups is 1. The van der Waals surface area contributed by atoms with Gasteiger partial charge in [0.05, 0.1) is 5.25 Å². The molecule has 0 bridgehead atoms. The van der Waals surface area contributed by atoms with Crippen LogP contribution in [-0.4, -0.2) is 61.9 Å². The van der Waals surface area contributed by atoms with Crippen molar-refractivity contribution in [1.82, 2.24) is 24.6 Å². The lowest BCUT2D eigenvalue weighted by Crippen LogP contribution is -2.50. The molecule has 1 aliphatic carbocycles. The highest BCUT2D eigenvalue weighted by Gasteiger charge is 2.28. The summed E-state index contributed by atoms with van der Waals surface area (Å²) < 4.78 is 2.28. The van der Waals surface area contributed by atoms with Crippen LogP contribution in [0.15, 0.2) is 35.5 Å². The van der Waals surface area contributed by atoms with Gasteiger partial charge in [0.2, 0.25) is 5.91 Å². The van der Waals surface area contributed by atoms with E-state index in [2.05, 4.69) is 50.0 Å².